The quantitative estimate of drug-likeness (QED) is 0.714. The van der Waals surface area contributed by atoms with Crippen LogP contribution in [0.2, 0.25) is 0 Å². The normalized spacial score (nSPS) is 23.4. The van der Waals surface area contributed by atoms with Crippen LogP contribution in [-0.2, 0) is 9.47 Å². The van der Waals surface area contributed by atoms with Crippen LogP contribution in [0.25, 0.3) is 0 Å². The molecule has 0 amide bonds. The number of hydrogen-bond acceptors (Lipinski definition) is 3. The molecule has 1 fully saturated rings. The molecule has 0 saturated heterocycles. The number of ether oxygens (including phenoxy) is 2. The minimum Gasteiger partial charge on any atom is -0.380 e. The highest BCUT2D eigenvalue weighted by Crippen LogP contribution is 2.32. The second-order valence-electron chi connectivity index (χ2n) is 4.45. The summed E-state index contributed by atoms with van der Waals surface area (Å²) in [5.41, 5.74) is 6.07. The SMILES string of the molecule is CCOCC(N)C1(OC)CCCCCC1. The molecule has 2 N–H and O–H groups in total. The first-order valence-electron chi connectivity index (χ1n) is 6.13. The first-order chi connectivity index (χ1) is 7.25. The minimum absolute atomic E-state index is 0.0144. The fraction of sp³-hybridized carbons (Fsp3) is 1.00. The molecule has 0 aromatic rings. The van der Waals surface area contributed by atoms with E-state index in [1.54, 1.807) is 7.11 Å². The van der Waals surface area contributed by atoms with Crippen LogP contribution >= 0.6 is 0 Å². The predicted octanol–water partition coefficient (Wildman–Crippen LogP) is 2.09. The molecule has 0 radical (unpaired) electrons. The van der Waals surface area contributed by atoms with Crippen LogP contribution in [0.3, 0.4) is 0 Å². The highest BCUT2D eigenvalue weighted by Gasteiger charge is 2.36. The summed E-state index contributed by atoms with van der Waals surface area (Å²) < 4.78 is 11.1. The van der Waals surface area contributed by atoms with E-state index in [1.165, 1.54) is 25.7 Å². The topological polar surface area (TPSA) is 44.5 Å². The Morgan fingerprint density at radius 1 is 1.20 bits per heavy atom. The lowest BCUT2D eigenvalue weighted by Gasteiger charge is -2.36. The highest BCUT2D eigenvalue weighted by atomic mass is 16.5. The van der Waals surface area contributed by atoms with E-state index >= 15 is 0 Å². The van der Waals surface area contributed by atoms with E-state index in [0.717, 1.165) is 19.4 Å². The van der Waals surface area contributed by atoms with Crippen molar-refractivity contribution in [2.75, 3.05) is 20.3 Å². The number of hydrogen-bond donors (Lipinski definition) is 1. The first-order valence-corrected chi connectivity index (χ1v) is 6.13. The number of nitrogens with two attached hydrogens (primary N) is 1. The molecule has 0 aliphatic heterocycles. The van der Waals surface area contributed by atoms with Crippen molar-refractivity contribution in [2.24, 2.45) is 5.73 Å². The lowest BCUT2D eigenvalue weighted by atomic mass is 9.87. The van der Waals surface area contributed by atoms with Crippen molar-refractivity contribution >= 4 is 0 Å². The van der Waals surface area contributed by atoms with Gasteiger partial charge in [-0.25, -0.2) is 0 Å². The van der Waals surface area contributed by atoms with Crippen LogP contribution in [0.1, 0.15) is 45.4 Å². The van der Waals surface area contributed by atoms with Crippen LogP contribution < -0.4 is 5.73 Å². The average molecular weight is 215 g/mol. The molecule has 1 aliphatic rings. The first kappa shape index (κ1) is 12.9. The molecule has 1 atom stereocenters. The summed E-state index contributed by atoms with van der Waals surface area (Å²) >= 11 is 0. The monoisotopic (exact) mass is 215 g/mol. The summed E-state index contributed by atoms with van der Waals surface area (Å²) in [6, 6.07) is 0.0144. The third-order valence-electron chi connectivity index (χ3n) is 3.53. The third-order valence-corrected chi connectivity index (χ3v) is 3.53. The maximum atomic E-state index is 6.20. The van der Waals surface area contributed by atoms with Crippen molar-refractivity contribution in [2.45, 2.75) is 57.1 Å². The van der Waals surface area contributed by atoms with Gasteiger partial charge in [-0.3, -0.25) is 0 Å². The maximum Gasteiger partial charge on any atom is 0.0851 e. The Kier molecular flexibility index (Phi) is 5.58. The van der Waals surface area contributed by atoms with E-state index in [2.05, 4.69) is 0 Å². The van der Waals surface area contributed by atoms with Gasteiger partial charge in [-0.15, -0.1) is 0 Å². The largest absolute Gasteiger partial charge is 0.380 e. The second kappa shape index (κ2) is 6.46. The van der Waals surface area contributed by atoms with Crippen molar-refractivity contribution in [1.82, 2.24) is 0 Å². The molecule has 0 heterocycles. The van der Waals surface area contributed by atoms with Crippen LogP contribution in [0, 0.1) is 0 Å². The van der Waals surface area contributed by atoms with Crippen LogP contribution in [-0.4, -0.2) is 32.0 Å². The molecule has 1 saturated carbocycles. The molecule has 0 aromatic heterocycles. The summed E-state index contributed by atoms with van der Waals surface area (Å²) in [4.78, 5) is 0. The van der Waals surface area contributed by atoms with Gasteiger partial charge in [0.05, 0.1) is 18.2 Å². The Balaban J connectivity index is 2.55. The molecule has 0 aromatic carbocycles. The van der Waals surface area contributed by atoms with Crippen LogP contribution in [0.15, 0.2) is 0 Å². The van der Waals surface area contributed by atoms with E-state index in [0.29, 0.717) is 6.61 Å². The van der Waals surface area contributed by atoms with Gasteiger partial charge in [0, 0.05) is 13.7 Å². The fourth-order valence-electron chi connectivity index (χ4n) is 2.45. The van der Waals surface area contributed by atoms with Crippen molar-refractivity contribution in [1.29, 1.82) is 0 Å². The van der Waals surface area contributed by atoms with E-state index in [9.17, 15) is 0 Å². The molecule has 0 bridgehead atoms. The summed E-state index contributed by atoms with van der Waals surface area (Å²) in [7, 11) is 1.79. The van der Waals surface area contributed by atoms with Gasteiger partial charge in [0.25, 0.3) is 0 Å². The van der Waals surface area contributed by atoms with Crippen molar-refractivity contribution in [3.63, 3.8) is 0 Å². The van der Waals surface area contributed by atoms with E-state index in [4.69, 9.17) is 15.2 Å². The molecular formula is C12H25NO2. The summed E-state index contributed by atoms with van der Waals surface area (Å²) in [5, 5.41) is 0. The van der Waals surface area contributed by atoms with Gasteiger partial charge < -0.3 is 15.2 Å². The molecule has 1 unspecified atom stereocenters. The number of methoxy groups -OCH3 is 1. The molecule has 15 heavy (non-hydrogen) atoms. The van der Waals surface area contributed by atoms with Gasteiger partial charge in [-0.2, -0.15) is 0 Å². The molecule has 90 valence electrons. The molecular weight excluding hydrogens is 190 g/mol. The van der Waals surface area contributed by atoms with Gasteiger partial charge in [0.15, 0.2) is 0 Å². The zero-order valence-corrected chi connectivity index (χ0v) is 10.1. The van der Waals surface area contributed by atoms with Crippen LogP contribution in [0.4, 0.5) is 0 Å². The molecule has 3 heteroatoms. The molecule has 1 aliphatic carbocycles. The van der Waals surface area contributed by atoms with Crippen molar-refractivity contribution < 1.29 is 9.47 Å². The average Bonchev–Trinajstić information content (AvgIpc) is 2.52. The van der Waals surface area contributed by atoms with E-state index in [-0.39, 0.29) is 11.6 Å². The maximum absolute atomic E-state index is 6.20. The lowest BCUT2D eigenvalue weighted by Crippen LogP contribution is -2.51. The Bertz CT molecular complexity index is 165. The van der Waals surface area contributed by atoms with Gasteiger partial charge in [-0.05, 0) is 19.8 Å². The van der Waals surface area contributed by atoms with Crippen LogP contribution in [0.5, 0.6) is 0 Å². The Hall–Kier alpha value is -0.120. The molecule has 1 rings (SSSR count). The zero-order chi connectivity index (χ0) is 11.1. The van der Waals surface area contributed by atoms with Gasteiger partial charge >= 0.3 is 0 Å². The lowest BCUT2D eigenvalue weighted by molar-refractivity contribution is -0.0625. The second-order valence-corrected chi connectivity index (χ2v) is 4.45. The Labute approximate surface area is 93.3 Å². The van der Waals surface area contributed by atoms with Gasteiger partial charge in [0.1, 0.15) is 0 Å². The van der Waals surface area contributed by atoms with E-state index in [1.807, 2.05) is 6.92 Å². The summed E-state index contributed by atoms with van der Waals surface area (Å²) in [6.07, 6.45) is 7.25. The van der Waals surface area contributed by atoms with E-state index < -0.39 is 0 Å². The molecule has 3 nitrogen and oxygen atoms in total. The zero-order valence-electron chi connectivity index (χ0n) is 10.1. The number of rotatable bonds is 5. The predicted molar refractivity (Wildman–Crippen MR) is 61.9 cm³/mol. The van der Waals surface area contributed by atoms with Crippen molar-refractivity contribution in [3.8, 4) is 0 Å². The Morgan fingerprint density at radius 2 is 1.80 bits per heavy atom. The minimum atomic E-state index is -0.133. The summed E-state index contributed by atoms with van der Waals surface area (Å²) in [6.45, 7) is 3.34. The smallest absolute Gasteiger partial charge is 0.0851 e. The third kappa shape index (κ3) is 3.44. The fourth-order valence-corrected chi connectivity index (χ4v) is 2.45. The standard InChI is InChI=1S/C12H25NO2/c1-3-15-10-11(13)12(14-2)8-6-4-5-7-9-12/h11H,3-10,13H2,1-2H3. The summed E-state index contributed by atoms with van der Waals surface area (Å²) in [5.74, 6) is 0. The van der Waals surface area contributed by atoms with Crippen molar-refractivity contribution in [3.05, 3.63) is 0 Å². The van der Waals surface area contributed by atoms with Gasteiger partial charge in [0.2, 0.25) is 0 Å². The Morgan fingerprint density at radius 3 is 2.27 bits per heavy atom. The molecule has 0 spiro atoms. The van der Waals surface area contributed by atoms with Gasteiger partial charge in [-0.1, -0.05) is 25.7 Å². The highest BCUT2D eigenvalue weighted by molar-refractivity contribution is 4.92.